The molecule has 0 bridgehead atoms. The number of benzene rings is 2. The van der Waals surface area contributed by atoms with Crippen molar-refractivity contribution in [2.45, 2.75) is 61.9 Å². The average Bonchev–Trinajstić information content (AvgIpc) is 3.04. The Bertz CT molecular complexity index is 937. The van der Waals surface area contributed by atoms with Crippen LogP contribution >= 0.6 is 11.8 Å². The first-order valence-corrected chi connectivity index (χ1v) is 11.2. The van der Waals surface area contributed by atoms with Gasteiger partial charge in [0.15, 0.2) is 0 Å². The summed E-state index contributed by atoms with van der Waals surface area (Å²) in [7, 11) is 0. The summed E-state index contributed by atoms with van der Waals surface area (Å²) in [5, 5.41) is 10.2. The summed E-state index contributed by atoms with van der Waals surface area (Å²) in [6.07, 6.45) is 3.16. The first-order valence-electron chi connectivity index (χ1n) is 10.4. The second-order valence-corrected chi connectivity index (χ2v) is 8.71. The van der Waals surface area contributed by atoms with E-state index in [2.05, 4.69) is 30.5 Å². The van der Waals surface area contributed by atoms with Gasteiger partial charge < -0.3 is 9.67 Å². The van der Waals surface area contributed by atoms with Crippen molar-refractivity contribution >= 4 is 11.8 Å². The maximum Gasteiger partial charge on any atom is 0.127 e. The standard InChI is InChI=1S/C24H28F2N2OS/c1-17(2)23-24(30-21-15-19(25)14-20(26)16-21)28(22(27-23)11-7-13-29)12-6-10-18-8-4-3-5-9-18/h3-5,8-9,14-17,29H,6-7,10-13H2,1-2H3. The third-order valence-electron chi connectivity index (χ3n) is 4.87. The van der Waals surface area contributed by atoms with Gasteiger partial charge in [-0.3, -0.25) is 0 Å². The van der Waals surface area contributed by atoms with E-state index in [4.69, 9.17) is 4.98 Å². The van der Waals surface area contributed by atoms with Crippen molar-refractivity contribution < 1.29 is 13.9 Å². The minimum Gasteiger partial charge on any atom is -0.396 e. The molecule has 0 aliphatic heterocycles. The SMILES string of the molecule is CC(C)c1nc(CCCO)n(CCCc2ccccc2)c1Sc1cc(F)cc(F)c1. The Labute approximate surface area is 181 Å². The Hall–Kier alpha value is -2.18. The lowest BCUT2D eigenvalue weighted by atomic mass is 10.1. The normalized spacial score (nSPS) is 11.4. The number of aliphatic hydroxyl groups excluding tert-OH is 1. The second-order valence-electron chi connectivity index (χ2n) is 7.65. The molecule has 0 unspecified atom stereocenters. The predicted molar refractivity (Wildman–Crippen MR) is 117 cm³/mol. The summed E-state index contributed by atoms with van der Waals surface area (Å²) < 4.78 is 29.7. The molecule has 0 fully saturated rings. The van der Waals surface area contributed by atoms with E-state index in [1.54, 1.807) is 0 Å². The van der Waals surface area contributed by atoms with Gasteiger partial charge in [0.1, 0.15) is 22.5 Å². The molecule has 160 valence electrons. The fourth-order valence-electron chi connectivity index (χ4n) is 3.43. The fraction of sp³-hybridized carbons (Fsp3) is 0.375. The molecule has 0 amide bonds. The van der Waals surface area contributed by atoms with Crippen LogP contribution in [0.2, 0.25) is 0 Å². The largest absolute Gasteiger partial charge is 0.396 e. The first kappa shape index (κ1) is 22.5. The second kappa shape index (κ2) is 10.7. The number of hydrogen-bond donors (Lipinski definition) is 1. The van der Waals surface area contributed by atoms with Gasteiger partial charge in [-0.15, -0.1) is 0 Å². The van der Waals surface area contributed by atoms with Crippen LogP contribution in [0, 0.1) is 11.6 Å². The molecule has 3 rings (SSSR count). The monoisotopic (exact) mass is 430 g/mol. The van der Waals surface area contributed by atoms with Crippen LogP contribution in [0.3, 0.4) is 0 Å². The van der Waals surface area contributed by atoms with Crippen LogP contribution in [0.5, 0.6) is 0 Å². The van der Waals surface area contributed by atoms with E-state index < -0.39 is 11.6 Å². The van der Waals surface area contributed by atoms with Crippen molar-refractivity contribution in [2.75, 3.05) is 6.61 Å². The Kier molecular flexibility index (Phi) is 8.05. The molecular weight excluding hydrogens is 402 g/mol. The van der Waals surface area contributed by atoms with Gasteiger partial charge in [0.05, 0.1) is 5.69 Å². The molecule has 0 saturated carbocycles. The van der Waals surface area contributed by atoms with Crippen LogP contribution in [0.1, 0.15) is 49.7 Å². The van der Waals surface area contributed by atoms with Gasteiger partial charge in [-0.1, -0.05) is 55.9 Å². The Morgan fingerprint density at radius 3 is 2.33 bits per heavy atom. The molecule has 3 nitrogen and oxygen atoms in total. The summed E-state index contributed by atoms with van der Waals surface area (Å²) in [6, 6.07) is 13.9. The minimum atomic E-state index is -0.584. The highest BCUT2D eigenvalue weighted by molar-refractivity contribution is 7.99. The summed E-state index contributed by atoms with van der Waals surface area (Å²) in [4.78, 5) is 5.38. The third kappa shape index (κ3) is 5.92. The average molecular weight is 431 g/mol. The molecule has 0 saturated heterocycles. The number of aliphatic hydroxyl groups is 1. The van der Waals surface area contributed by atoms with E-state index in [0.717, 1.165) is 42.0 Å². The molecular formula is C24H28F2N2OS. The van der Waals surface area contributed by atoms with Gasteiger partial charge in [0, 0.05) is 30.5 Å². The van der Waals surface area contributed by atoms with Crippen molar-refractivity contribution in [3.8, 4) is 0 Å². The van der Waals surface area contributed by atoms with Gasteiger partial charge in [0.2, 0.25) is 0 Å². The quantitative estimate of drug-likeness (QED) is 0.429. The van der Waals surface area contributed by atoms with Gasteiger partial charge in [0.25, 0.3) is 0 Å². The third-order valence-corrected chi connectivity index (χ3v) is 5.97. The fourth-order valence-corrected chi connectivity index (χ4v) is 4.69. The summed E-state index contributed by atoms with van der Waals surface area (Å²) >= 11 is 1.36. The molecule has 1 aromatic heterocycles. The smallest absolute Gasteiger partial charge is 0.127 e. The number of nitrogens with zero attached hydrogens (tertiary/aromatic N) is 2. The molecule has 0 spiro atoms. The number of aryl methyl sites for hydroxylation is 2. The van der Waals surface area contributed by atoms with E-state index in [9.17, 15) is 13.9 Å². The number of halogens is 2. The lowest BCUT2D eigenvalue weighted by Gasteiger charge is -2.14. The molecule has 3 aromatic rings. The maximum absolute atomic E-state index is 13.7. The first-order chi connectivity index (χ1) is 14.5. The molecule has 6 heteroatoms. The molecule has 0 aliphatic rings. The van der Waals surface area contributed by atoms with E-state index in [-0.39, 0.29) is 12.5 Å². The van der Waals surface area contributed by atoms with E-state index in [1.165, 1.54) is 29.5 Å². The minimum absolute atomic E-state index is 0.103. The van der Waals surface area contributed by atoms with Crippen LogP contribution in [0.4, 0.5) is 8.78 Å². The van der Waals surface area contributed by atoms with Crippen molar-refractivity contribution in [3.63, 3.8) is 0 Å². The predicted octanol–water partition coefficient (Wildman–Crippen LogP) is 5.99. The van der Waals surface area contributed by atoms with Crippen LogP contribution in [-0.2, 0) is 19.4 Å². The molecule has 30 heavy (non-hydrogen) atoms. The lowest BCUT2D eigenvalue weighted by molar-refractivity contribution is 0.286. The van der Waals surface area contributed by atoms with Gasteiger partial charge in [-0.05, 0) is 42.9 Å². The van der Waals surface area contributed by atoms with Gasteiger partial charge in [-0.25, -0.2) is 13.8 Å². The summed E-state index contributed by atoms with van der Waals surface area (Å²) in [5.74, 6) is -0.0761. The molecule has 0 atom stereocenters. The van der Waals surface area contributed by atoms with Crippen molar-refractivity contribution in [1.82, 2.24) is 9.55 Å². The Morgan fingerprint density at radius 1 is 1.00 bits per heavy atom. The van der Waals surface area contributed by atoms with Crippen LogP contribution < -0.4 is 0 Å². The summed E-state index contributed by atoms with van der Waals surface area (Å²) in [6.45, 7) is 5.01. The van der Waals surface area contributed by atoms with E-state index in [1.807, 2.05) is 18.2 Å². The van der Waals surface area contributed by atoms with Crippen molar-refractivity contribution in [3.05, 3.63) is 77.2 Å². The highest BCUT2D eigenvalue weighted by Gasteiger charge is 2.20. The number of hydrogen-bond acceptors (Lipinski definition) is 3. The Morgan fingerprint density at radius 2 is 1.70 bits per heavy atom. The topological polar surface area (TPSA) is 38.1 Å². The maximum atomic E-state index is 13.7. The zero-order valence-electron chi connectivity index (χ0n) is 17.4. The van der Waals surface area contributed by atoms with Crippen molar-refractivity contribution in [1.29, 1.82) is 0 Å². The van der Waals surface area contributed by atoms with Crippen LogP contribution in [0.15, 0.2) is 58.5 Å². The van der Waals surface area contributed by atoms with Crippen LogP contribution in [-0.4, -0.2) is 21.3 Å². The lowest BCUT2D eigenvalue weighted by Crippen LogP contribution is -2.07. The molecule has 1 N–H and O–H groups in total. The van der Waals surface area contributed by atoms with Gasteiger partial charge in [-0.2, -0.15) is 0 Å². The van der Waals surface area contributed by atoms with Crippen LogP contribution in [0.25, 0.3) is 0 Å². The van der Waals surface area contributed by atoms with E-state index in [0.29, 0.717) is 17.7 Å². The zero-order chi connectivity index (χ0) is 21.5. The summed E-state index contributed by atoms with van der Waals surface area (Å²) in [5.41, 5.74) is 2.21. The molecule has 2 aromatic carbocycles. The zero-order valence-corrected chi connectivity index (χ0v) is 18.3. The highest BCUT2D eigenvalue weighted by Crippen LogP contribution is 2.36. The molecule has 0 aliphatic carbocycles. The molecule has 0 radical (unpaired) electrons. The molecule has 1 heterocycles. The van der Waals surface area contributed by atoms with E-state index >= 15 is 0 Å². The Balaban J connectivity index is 1.91. The number of aromatic nitrogens is 2. The number of rotatable bonds is 10. The number of imidazole rings is 1. The van der Waals surface area contributed by atoms with Gasteiger partial charge >= 0.3 is 0 Å². The highest BCUT2D eigenvalue weighted by atomic mass is 32.2. The van der Waals surface area contributed by atoms with Crippen molar-refractivity contribution in [2.24, 2.45) is 0 Å².